The molecule has 0 bridgehead atoms. The maximum atomic E-state index is 9.44. The zero-order valence-electron chi connectivity index (χ0n) is 18.1. The highest BCUT2D eigenvalue weighted by atomic mass is 15.3. The van der Waals surface area contributed by atoms with Gasteiger partial charge in [-0.15, -0.1) is 0 Å². The van der Waals surface area contributed by atoms with Crippen LogP contribution >= 0.6 is 0 Å². The van der Waals surface area contributed by atoms with Gasteiger partial charge in [-0.25, -0.2) is 0 Å². The zero-order valence-corrected chi connectivity index (χ0v) is 18.1. The van der Waals surface area contributed by atoms with E-state index in [1.54, 1.807) is 0 Å². The summed E-state index contributed by atoms with van der Waals surface area (Å²) in [5.41, 5.74) is 1.79. The average molecular weight is 398 g/mol. The number of para-hydroxylation sites is 1. The van der Waals surface area contributed by atoms with Crippen LogP contribution in [0, 0.1) is 11.3 Å². The van der Waals surface area contributed by atoms with Crippen molar-refractivity contribution in [3.8, 4) is 6.07 Å². The second kappa shape index (κ2) is 10.5. The summed E-state index contributed by atoms with van der Waals surface area (Å²) in [4.78, 5) is 12.0. The lowest BCUT2D eigenvalue weighted by Crippen LogP contribution is -2.53. The number of likely N-dealkylation sites (N-methyl/N-ethyl adjacent to an activating group) is 2. The summed E-state index contributed by atoms with van der Waals surface area (Å²) in [6.45, 7) is 8.89. The standard InChI is InChI=1S/C22H35N7/c1-4-24-22(25-15-20-17-27(2)12-13-28(20)3)26-19-9-7-11-29(16-19)21-10-6-5-8-18(21)14-23/h5-6,8,10,19-20H,4,7,9,11-13,15-17H2,1-3H3,(H2,24,25,26). The van der Waals surface area contributed by atoms with E-state index in [2.05, 4.69) is 58.5 Å². The van der Waals surface area contributed by atoms with Crippen molar-refractivity contribution in [3.05, 3.63) is 29.8 Å². The molecule has 2 N–H and O–H groups in total. The van der Waals surface area contributed by atoms with Crippen molar-refractivity contribution >= 4 is 11.6 Å². The molecule has 2 unspecified atom stereocenters. The first-order valence-electron chi connectivity index (χ1n) is 10.8. The van der Waals surface area contributed by atoms with E-state index in [4.69, 9.17) is 4.99 Å². The molecule has 29 heavy (non-hydrogen) atoms. The molecule has 2 fully saturated rings. The molecule has 2 saturated heterocycles. The normalized spacial score (nSPS) is 24.2. The Balaban J connectivity index is 1.63. The smallest absolute Gasteiger partial charge is 0.191 e. The van der Waals surface area contributed by atoms with Crippen molar-refractivity contribution in [2.75, 3.05) is 64.8 Å². The van der Waals surface area contributed by atoms with Gasteiger partial charge in [-0.1, -0.05) is 12.1 Å². The summed E-state index contributed by atoms with van der Waals surface area (Å²) in [5, 5.41) is 16.5. The number of aliphatic imine (C=N–C) groups is 1. The van der Waals surface area contributed by atoms with Gasteiger partial charge in [-0.3, -0.25) is 9.89 Å². The number of rotatable bonds is 5. The van der Waals surface area contributed by atoms with E-state index >= 15 is 0 Å². The van der Waals surface area contributed by atoms with E-state index in [9.17, 15) is 5.26 Å². The van der Waals surface area contributed by atoms with Gasteiger partial charge in [0.2, 0.25) is 0 Å². The Morgan fingerprint density at radius 3 is 2.83 bits per heavy atom. The number of guanidine groups is 1. The van der Waals surface area contributed by atoms with Crippen molar-refractivity contribution in [2.45, 2.75) is 31.8 Å². The lowest BCUT2D eigenvalue weighted by molar-refractivity contribution is 0.119. The van der Waals surface area contributed by atoms with E-state index < -0.39 is 0 Å². The van der Waals surface area contributed by atoms with Crippen molar-refractivity contribution in [1.82, 2.24) is 20.4 Å². The monoisotopic (exact) mass is 397 g/mol. The molecule has 2 heterocycles. The molecule has 7 heteroatoms. The van der Waals surface area contributed by atoms with Crippen LogP contribution in [0.3, 0.4) is 0 Å². The Morgan fingerprint density at radius 1 is 1.21 bits per heavy atom. The molecule has 158 valence electrons. The lowest BCUT2D eigenvalue weighted by Gasteiger charge is -2.37. The SMILES string of the molecule is CCNC(=NCC1CN(C)CCN1C)NC1CCCN(c2ccccc2C#N)C1. The van der Waals surface area contributed by atoms with Crippen LogP contribution in [-0.2, 0) is 0 Å². The summed E-state index contributed by atoms with van der Waals surface area (Å²) in [6, 6.07) is 11.0. The molecule has 0 amide bonds. The van der Waals surface area contributed by atoms with Crippen LogP contribution in [0.4, 0.5) is 5.69 Å². The van der Waals surface area contributed by atoms with Crippen LogP contribution < -0.4 is 15.5 Å². The number of nitrogens with zero attached hydrogens (tertiary/aromatic N) is 5. The van der Waals surface area contributed by atoms with E-state index in [0.29, 0.717) is 12.1 Å². The minimum absolute atomic E-state index is 0.319. The molecule has 2 aliphatic heterocycles. The molecule has 0 radical (unpaired) electrons. The number of piperazine rings is 1. The Morgan fingerprint density at radius 2 is 2.03 bits per heavy atom. The molecule has 2 atom stereocenters. The molecule has 1 aromatic rings. The minimum Gasteiger partial charge on any atom is -0.368 e. The predicted molar refractivity (Wildman–Crippen MR) is 119 cm³/mol. The quantitative estimate of drug-likeness (QED) is 0.577. The van der Waals surface area contributed by atoms with Crippen LogP contribution in [0.25, 0.3) is 0 Å². The predicted octanol–water partition coefficient (Wildman–Crippen LogP) is 1.33. The van der Waals surface area contributed by atoms with Crippen LogP contribution in [0.2, 0.25) is 0 Å². The second-order valence-electron chi connectivity index (χ2n) is 8.17. The molecule has 2 aliphatic rings. The lowest BCUT2D eigenvalue weighted by atomic mass is 10.0. The van der Waals surface area contributed by atoms with Gasteiger partial charge in [-0.05, 0) is 46.0 Å². The second-order valence-corrected chi connectivity index (χ2v) is 8.17. The van der Waals surface area contributed by atoms with E-state index in [-0.39, 0.29) is 0 Å². The first-order chi connectivity index (χ1) is 14.1. The van der Waals surface area contributed by atoms with E-state index in [0.717, 1.165) is 75.9 Å². The Hall–Kier alpha value is -2.30. The molecule has 0 aliphatic carbocycles. The Kier molecular flexibility index (Phi) is 7.73. The summed E-state index contributed by atoms with van der Waals surface area (Å²) in [7, 11) is 4.38. The van der Waals surface area contributed by atoms with Gasteiger partial charge >= 0.3 is 0 Å². The van der Waals surface area contributed by atoms with Gasteiger partial charge < -0.3 is 20.4 Å². The summed E-state index contributed by atoms with van der Waals surface area (Å²) in [5.74, 6) is 0.898. The fourth-order valence-electron chi connectivity index (χ4n) is 4.17. The van der Waals surface area contributed by atoms with Crippen LogP contribution in [0.1, 0.15) is 25.3 Å². The zero-order chi connectivity index (χ0) is 20.6. The number of hydrogen-bond donors (Lipinski definition) is 2. The Labute approximate surface area is 175 Å². The fourth-order valence-corrected chi connectivity index (χ4v) is 4.17. The van der Waals surface area contributed by atoms with Crippen LogP contribution in [-0.4, -0.2) is 87.8 Å². The third-order valence-corrected chi connectivity index (χ3v) is 5.91. The first kappa shape index (κ1) is 21.4. The highest BCUT2D eigenvalue weighted by molar-refractivity contribution is 5.80. The molecular weight excluding hydrogens is 362 g/mol. The van der Waals surface area contributed by atoms with Crippen molar-refractivity contribution < 1.29 is 0 Å². The minimum atomic E-state index is 0.319. The fraction of sp³-hybridized carbons (Fsp3) is 0.636. The van der Waals surface area contributed by atoms with Crippen molar-refractivity contribution in [1.29, 1.82) is 5.26 Å². The molecule has 0 aromatic heterocycles. The molecular formula is C22H35N7. The van der Waals surface area contributed by atoms with Gasteiger partial charge in [0.1, 0.15) is 6.07 Å². The average Bonchev–Trinajstić information content (AvgIpc) is 2.74. The largest absolute Gasteiger partial charge is 0.368 e. The highest BCUT2D eigenvalue weighted by Gasteiger charge is 2.24. The number of nitriles is 1. The first-order valence-corrected chi connectivity index (χ1v) is 10.8. The number of nitrogens with one attached hydrogen (secondary N) is 2. The molecule has 0 saturated carbocycles. The van der Waals surface area contributed by atoms with Gasteiger partial charge in [0.15, 0.2) is 5.96 Å². The Bertz CT molecular complexity index is 726. The molecule has 7 nitrogen and oxygen atoms in total. The number of anilines is 1. The maximum absolute atomic E-state index is 9.44. The summed E-state index contributed by atoms with van der Waals surface area (Å²) < 4.78 is 0. The summed E-state index contributed by atoms with van der Waals surface area (Å²) >= 11 is 0. The molecule has 0 spiro atoms. The van der Waals surface area contributed by atoms with Gasteiger partial charge in [0.05, 0.1) is 17.8 Å². The molecule has 1 aromatic carbocycles. The third-order valence-electron chi connectivity index (χ3n) is 5.91. The van der Waals surface area contributed by atoms with Gasteiger partial charge in [-0.2, -0.15) is 5.26 Å². The van der Waals surface area contributed by atoms with E-state index in [1.165, 1.54) is 0 Å². The molecule has 3 rings (SSSR count). The van der Waals surface area contributed by atoms with Crippen molar-refractivity contribution in [2.24, 2.45) is 4.99 Å². The maximum Gasteiger partial charge on any atom is 0.191 e. The highest BCUT2D eigenvalue weighted by Crippen LogP contribution is 2.23. The number of piperidine rings is 1. The van der Waals surface area contributed by atoms with Crippen LogP contribution in [0.5, 0.6) is 0 Å². The van der Waals surface area contributed by atoms with Gasteiger partial charge in [0, 0.05) is 51.4 Å². The number of hydrogen-bond acceptors (Lipinski definition) is 5. The van der Waals surface area contributed by atoms with Crippen molar-refractivity contribution in [3.63, 3.8) is 0 Å². The van der Waals surface area contributed by atoms with Gasteiger partial charge in [0.25, 0.3) is 0 Å². The van der Waals surface area contributed by atoms with E-state index in [1.807, 2.05) is 18.2 Å². The number of benzene rings is 1. The summed E-state index contributed by atoms with van der Waals surface area (Å²) in [6.07, 6.45) is 2.22. The topological polar surface area (TPSA) is 69.9 Å². The third kappa shape index (κ3) is 5.84. The van der Waals surface area contributed by atoms with Crippen LogP contribution in [0.15, 0.2) is 29.3 Å².